The lowest BCUT2D eigenvalue weighted by Gasteiger charge is -2.06. The number of hydrogen-bond donors (Lipinski definition) is 0. The molecule has 4 aromatic heterocycles. The molecule has 6 rings (SSSR count). The van der Waals surface area contributed by atoms with Crippen molar-refractivity contribution in [2.45, 2.75) is 20.6 Å². The van der Waals surface area contributed by atoms with Gasteiger partial charge in [0.25, 0.3) is 0 Å². The maximum absolute atomic E-state index is 8.12. The molecular formula is C25H18N2O2. The number of para-hydroxylation sites is 1. The fourth-order valence-corrected chi connectivity index (χ4v) is 3.82. The monoisotopic (exact) mass is 387 g/mol. The van der Waals surface area contributed by atoms with E-state index < -0.39 is 26.1 Å². The molecule has 0 aliphatic rings. The third-order valence-corrected chi connectivity index (χ3v) is 5.18. The van der Waals surface area contributed by atoms with Crippen LogP contribution < -0.4 is 0 Å². The molecule has 4 nitrogen and oxygen atoms in total. The molecule has 4 heteroatoms. The first-order valence-electron chi connectivity index (χ1n) is 13.4. The highest BCUT2D eigenvalue weighted by Gasteiger charge is 2.21. The molecule has 0 saturated carbocycles. The van der Waals surface area contributed by atoms with Gasteiger partial charge in [-0.3, -0.25) is 9.97 Å². The van der Waals surface area contributed by atoms with E-state index >= 15 is 0 Å². The number of furan rings is 2. The van der Waals surface area contributed by atoms with Crippen molar-refractivity contribution in [1.29, 1.82) is 0 Å². The molecule has 0 fully saturated rings. The molecule has 0 radical (unpaired) electrons. The molecule has 0 bridgehead atoms. The van der Waals surface area contributed by atoms with E-state index in [1.165, 1.54) is 12.3 Å². The number of pyridine rings is 2. The van der Waals surface area contributed by atoms with Gasteiger partial charge in [0.2, 0.25) is 0 Å². The Hall–Kier alpha value is -3.66. The summed E-state index contributed by atoms with van der Waals surface area (Å²) in [5.41, 5.74) is 0.840. The van der Waals surface area contributed by atoms with Gasteiger partial charge in [-0.1, -0.05) is 18.2 Å². The summed E-state index contributed by atoms with van der Waals surface area (Å²) < 4.78 is 83.5. The Labute approximate surface area is 179 Å². The molecule has 4 heterocycles. The third kappa shape index (κ3) is 2.20. The largest absolute Gasteiger partial charge is 0.455 e. The molecule has 0 saturated heterocycles. The Kier molecular flexibility index (Phi) is 1.90. The predicted molar refractivity (Wildman–Crippen MR) is 116 cm³/mol. The highest BCUT2D eigenvalue weighted by Crippen LogP contribution is 2.42. The second-order valence-corrected chi connectivity index (χ2v) is 6.86. The van der Waals surface area contributed by atoms with E-state index in [4.69, 9.17) is 21.2 Å². The van der Waals surface area contributed by atoms with E-state index in [0.717, 1.165) is 17.0 Å². The smallest absolute Gasteiger partial charge is 0.148 e. The van der Waals surface area contributed by atoms with Crippen molar-refractivity contribution in [3.05, 3.63) is 71.7 Å². The van der Waals surface area contributed by atoms with Gasteiger partial charge >= 0.3 is 0 Å². The van der Waals surface area contributed by atoms with E-state index in [9.17, 15) is 0 Å². The van der Waals surface area contributed by atoms with Crippen molar-refractivity contribution in [2.24, 2.45) is 0 Å². The third-order valence-electron chi connectivity index (χ3n) is 5.18. The van der Waals surface area contributed by atoms with Gasteiger partial charge in [-0.05, 0) is 55.9 Å². The maximum Gasteiger partial charge on any atom is 0.148 e. The summed E-state index contributed by atoms with van der Waals surface area (Å²) in [6, 6.07) is 12.1. The Morgan fingerprint density at radius 3 is 2.55 bits per heavy atom. The Balaban J connectivity index is 1.73. The first-order chi connectivity index (χ1) is 17.7. The molecule has 0 unspecified atom stereocenters. The summed E-state index contributed by atoms with van der Waals surface area (Å²) >= 11 is 0. The molecule has 2 aromatic carbocycles. The minimum atomic E-state index is -2.74. The van der Waals surface area contributed by atoms with Crippen LogP contribution in [0.15, 0.2) is 63.7 Å². The van der Waals surface area contributed by atoms with Crippen molar-refractivity contribution in [2.75, 3.05) is 0 Å². The van der Waals surface area contributed by atoms with E-state index in [-0.39, 0.29) is 33.5 Å². The molecule has 0 amide bonds. The normalized spacial score (nSPS) is 17.9. The number of fused-ring (bicyclic) bond motifs is 7. The Morgan fingerprint density at radius 1 is 0.759 bits per heavy atom. The molecule has 140 valence electrons. The molecule has 0 atom stereocenters. The van der Waals surface area contributed by atoms with Gasteiger partial charge in [0.1, 0.15) is 22.3 Å². The van der Waals surface area contributed by atoms with Crippen LogP contribution in [0, 0.1) is 20.6 Å². The summed E-state index contributed by atoms with van der Waals surface area (Å²) in [6.45, 7) is -8.04. The molecular weight excluding hydrogens is 360 g/mol. The van der Waals surface area contributed by atoms with E-state index in [0.29, 0.717) is 22.1 Å². The van der Waals surface area contributed by atoms with Crippen molar-refractivity contribution in [3.8, 4) is 11.3 Å². The highest BCUT2D eigenvalue weighted by molar-refractivity contribution is 6.23. The lowest BCUT2D eigenvalue weighted by Crippen LogP contribution is -1.91. The van der Waals surface area contributed by atoms with Gasteiger partial charge in [-0.15, -0.1) is 0 Å². The summed E-state index contributed by atoms with van der Waals surface area (Å²) in [4.78, 5) is 8.47. The zero-order valence-corrected chi connectivity index (χ0v) is 14.9. The van der Waals surface area contributed by atoms with Crippen molar-refractivity contribution >= 4 is 43.9 Å². The van der Waals surface area contributed by atoms with Crippen LogP contribution in [0.4, 0.5) is 0 Å². The van der Waals surface area contributed by atoms with E-state index in [1.54, 1.807) is 6.07 Å². The fourth-order valence-electron chi connectivity index (χ4n) is 3.82. The summed E-state index contributed by atoms with van der Waals surface area (Å²) in [6.07, 6.45) is 2.26. The van der Waals surface area contributed by atoms with E-state index in [1.807, 2.05) is 30.3 Å². The average Bonchev–Trinajstić information content (AvgIpc) is 3.39. The molecule has 0 aliphatic heterocycles. The number of rotatable bonds is 1. The topological polar surface area (TPSA) is 52.1 Å². The zero-order chi connectivity index (χ0) is 27.2. The minimum absolute atomic E-state index is 0.0821. The lowest BCUT2D eigenvalue weighted by atomic mass is 10.0. The molecule has 29 heavy (non-hydrogen) atoms. The highest BCUT2D eigenvalue weighted by atomic mass is 16.3. The SMILES string of the molecule is [2H]C([2H])([2H])c1cnc(-c2cnc(C([2H])([2H])[2H])c3c2oc2ccc4c5ccccc5oc4c23)cc1C([2H])([2H])[2H]. The number of aryl methyl sites for hydroxylation is 3. The Bertz CT molecular complexity index is 1890. The van der Waals surface area contributed by atoms with Crippen LogP contribution in [-0.2, 0) is 0 Å². The average molecular weight is 387 g/mol. The minimum Gasteiger partial charge on any atom is -0.455 e. The first-order valence-corrected chi connectivity index (χ1v) is 8.92. The van der Waals surface area contributed by atoms with Crippen LogP contribution in [0.25, 0.3) is 55.1 Å². The maximum atomic E-state index is 8.12. The van der Waals surface area contributed by atoms with Crippen LogP contribution in [0.3, 0.4) is 0 Å². The van der Waals surface area contributed by atoms with Crippen LogP contribution in [0.2, 0.25) is 0 Å². The van der Waals surface area contributed by atoms with Crippen LogP contribution in [0.1, 0.15) is 29.2 Å². The summed E-state index contributed by atoms with van der Waals surface area (Å²) in [5, 5.41) is 2.23. The fraction of sp³-hybridized carbons (Fsp3) is 0.120. The van der Waals surface area contributed by atoms with Crippen molar-refractivity contribution < 1.29 is 21.2 Å². The van der Waals surface area contributed by atoms with Crippen molar-refractivity contribution in [3.63, 3.8) is 0 Å². The molecule has 0 aliphatic carbocycles. The molecule has 0 N–H and O–H groups in total. The Morgan fingerprint density at radius 2 is 1.66 bits per heavy atom. The second-order valence-electron chi connectivity index (χ2n) is 6.86. The first kappa shape index (κ1) is 9.70. The van der Waals surface area contributed by atoms with Gasteiger partial charge < -0.3 is 8.83 Å². The summed E-state index contributed by atoms with van der Waals surface area (Å²) in [7, 11) is 0. The number of hydrogen-bond acceptors (Lipinski definition) is 4. The quantitative estimate of drug-likeness (QED) is 0.309. The molecule has 0 spiro atoms. The van der Waals surface area contributed by atoms with E-state index in [2.05, 4.69) is 9.97 Å². The van der Waals surface area contributed by atoms with Gasteiger partial charge in [-0.2, -0.15) is 0 Å². The van der Waals surface area contributed by atoms with Crippen LogP contribution in [-0.4, -0.2) is 9.97 Å². The zero-order valence-electron chi connectivity index (χ0n) is 23.9. The van der Waals surface area contributed by atoms with Crippen molar-refractivity contribution in [1.82, 2.24) is 9.97 Å². The van der Waals surface area contributed by atoms with Gasteiger partial charge in [0, 0.05) is 41.2 Å². The molecule has 6 aromatic rings. The van der Waals surface area contributed by atoms with Crippen LogP contribution >= 0.6 is 0 Å². The van der Waals surface area contributed by atoms with Gasteiger partial charge in [-0.25, -0.2) is 0 Å². The van der Waals surface area contributed by atoms with Crippen LogP contribution in [0.5, 0.6) is 0 Å². The lowest BCUT2D eigenvalue weighted by molar-refractivity contribution is 0.663. The number of aromatic nitrogens is 2. The van der Waals surface area contributed by atoms with Gasteiger partial charge in [0.15, 0.2) is 0 Å². The second kappa shape index (κ2) is 5.67. The predicted octanol–water partition coefficient (Wildman–Crippen LogP) is 6.87. The number of benzene rings is 2. The van der Waals surface area contributed by atoms with Gasteiger partial charge in [0.05, 0.1) is 22.0 Å². The number of nitrogens with zero attached hydrogens (tertiary/aromatic N) is 2. The standard InChI is InChI=1S/C25H18N2O2/c1-13-10-19(27-11-14(13)2)18-12-26-15(3)22-23-21(29-25(18)22)9-8-17-16-6-4-5-7-20(16)28-24(17)23/h4-12H,1-3H3/i1D3,2D3,3D3. The summed E-state index contributed by atoms with van der Waals surface area (Å²) in [5.74, 6) is 0.